The highest BCUT2D eigenvalue weighted by Crippen LogP contribution is 2.24. The summed E-state index contributed by atoms with van der Waals surface area (Å²) >= 11 is 1.36. The van der Waals surface area contributed by atoms with E-state index in [4.69, 9.17) is 4.42 Å². The first-order valence-electron chi connectivity index (χ1n) is 6.91. The molecule has 0 unspecified atom stereocenters. The minimum Gasteiger partial charge on any atom is -0.467 e. The van der Waals surface area contributed by atoms with Crippen molar-refractivity contribution in [3.63, 3.8) is 0 Å². The van der Waals surface area contributed by atoms with Gasteiger partial charge in [0.25, 0.3) is 11.6 Å². The Hall–Kier alpha value is -2.81. The zero-order valence-electron chi connectivity index (χ0n) is 12.8. The van der Waals surface area contributed by atoms with Gasteiger partial charge < -0.3 is 15.1 Å². The van der Waals surface area contributed by atoms with E-state index in [0.717, 1.165) is 0 Å². The molecule has 9 heteroatoms. The molecule has 2 rings (SSSR count). The van der Waals surface area contributed by atoms with Gasteiger partial charge in [0.2, 0.25) is 5.91 Å². The molecule has 2 amide bonds. The van der Waals surface area contributed by atoms with Crippen molar-refractivity contribution in [1.29, 1.82) is 0 Å². The van der Waals surface area contributed by atoms with Crippen LogP contribution in [0.4, 0.5) is 5.69 Å². The van der Waals surface area contributed by atoms with Crippen molar-refractivity contribution in [2.45, 2.75) is 11.4 Å². The Morgan fingerprint density at radius 3 is 2.71 bits per heavy atom. The molecular weight excluding hydrogens is 334 g/mol. The molecule has 2 N–H and O–H groups in total. The smallest absolute Gasteiger partial charge is 0.282 e. The Morgan fingerprint density at radius 2 is 2.08 bits per heavy atom. The molecule has 0 fully saturated rings. The Kier molecular flexibility index (Phi) is 5.96. The summed E-state index contributed by atoms with van der Waals surface area (Å²) in [5.74, 6) is -0.521. The summed E-state index contributed by atoms with van der Waals surface area (Å²) in [7, 11) is 0. The number of hydrogen-bond donors (Lipinski definition) is 2. The Bertz CT molecular complexity index is 746. The third-order valence-corrected chi connectivity index (χ3v) is 3.82. The number of amides is 2. The quantitative estimate of drug-likeness (QED) is 0.449. The summed E-state index contributed by atoms with van der Waals surface area (Å²) in [6, 6.07) is 7.67. The van der Waals surface area contributed by atoms with E-state index in [-0.39, 0.29) is 24.3 Å². The summed E-state index contributed by atoms with van der Waals surface area (Å²) in [4.78, 5) is 35.0. The van der Waals surface area contributed by atoms with Gasteiger partial charge in [0.05, 0.1) is 24.3 Å². The maximum absolute atomic E-state index is 12.2. The van der Waals surface area contributed by atoms with Gasteiger partial charge in [-0.3, -0.25) is 19.7 Å². The van der Waals surface area contributed by atoms with E-state index >= 15 is 0 Å². The minimum absolute atomic E-state index is 0.0781. The average molecular weight is 349 g/mol. The van der Waals surface area contributed by atoms with Gasteiger partial charge in [-0.1, -0.05) is 0 Å². The van der Waals surface area contributed by atoms with Crippen molar-refractivity contribution < 1.29 is 18.9 Å². The van der Waals surface area contributed by atoms with Gasteiger partial charge in [-0.25, -0.2) is 0 Å². The van der Waals surface area contributed by atoms with Crippen molar-refractivity contribution >= 4 is 29.3 Å². The molecule has 126 valence electrons. The molecule has 1 heterocycles. The molecule has 1 aromatic carbocycles. The summed E-state index contributed by atoms with van der Waals surface area (Å²) in [5, 5.41) is 16.0. The van der Waals surface area contributed by atoms with Gasteiger partial charge in [-0.2, -0.15) is 0 Å². The monoisotopic (exact) mass is 349 g/mol. The van der Waals surface area contributed by atoms with Gasteiger partial charge >= 0.3 is 0 Å². The molecule has 0 spiro atoms. The van der Waals surface area contributed by atoms with Crippen LogP contribution in [-0.4, -0.2) is 29.5 Å². The molecule has 0 saturated carbocycles. The van der Waals surface area contributed by atoms with Crippen LogP contribution in [0.3, 0.4) is 0 Å². The summed E-state index contributed by atoms with van der Waals surface area (Å²) in [6.07, 6.45) is 3.28. The molecule has 0 atom stereocenters. The number of nitro groups is 1. The number of carbonyl (C=O) groups is 2. The van der Waals surface area contributed by atoms with Crippen LogP contribution in [0.2, 0.25) is 0 Å². The van der Waals surface area contributed by atoms with Crippen molar-refractivity contribution in [2.75, 3.05) is 12.8 Å². The van der Waals surface area contributed by atoms with E-state index < -0.39 is 16.7 Å². The number of thioether (sulfide) groups is 1. The highest BCUT2D eigenvalue weighted by Gasteiger charge is 2.21. The molecule has 0 aliphatic rings. The van der Waals surface area contributed by atoms with Crippen molar-refractivity contribution in [3.05, 3.63) is 58.0 Å². The molecule has 0 aliphatic heterocycles. The van der Waals surface area contributed by atoms with Crippen LogP contribution in [0.25, 0.3) is 0 Å². The highest BCUT2D eigenvalue weighted by atomic mass is 32.2. The van der Waals surface area contributed by atoms with Crippen LogP contribution in [0.1, 0.15) is 16.1 Å². The van der Waals surface area contributed by atoms with Gasteiger partial charge in [-0.15, -0.1) is 11.8 Å². The SMILES string of the molecule is CSc1ccc([N+](=O)[O-])c(C(=O)NCC(=O)NCc2ccco2)c1. The second-order valence-electron chi connectivity index (χ2n) is 4.68. The second kappa shape index (κ2) is 8.16. The fourth-order valence-corrected chi connectivity index (χ4v) is 2.34. The van der Waals surface area contributed by atoms with E-state index in [1.54, 1.807) is 24.5 Å². The maximum atomic E-state index is 12.2. The fraction of sp³-hybridized carbons (Fsp3) is 0.200. The second-order valence-corrected chi connectivity index (χ2v) is 5.56. The highest BCUT2D eigenvalue weighted by molar-refractivity contribution is 7.98. The topological polar surface area (TPSA) is 114 Å². The lowest BCUT2D eigenvalue weighted by Gasteiger charge is -2.07. The number of furan rings is 1. The Balaban J connectivity index is 1.96. The molecule has 0 radical (unpaired) electrons. The molecular formula is C15H15N3O5S. The number of nitrogens with one attached hydrogen (secondary N) is 2. The van der Waals surface area contributed by atoms with E-state index in [2.05, 4.69) is 10.6 Å². The fourth-order valence-electron chi connectivity index (χ4n) is 1.90. The molecule has 2 aromatic rings. The van der Waals surface area contributed by atoms with Crippen molar-refractivity contribution in [3.8, 4) is 0 Å². The lowest BCUT2D eigenvalue weighted by atomic mass is 10.1. The predicted octanol–water partition coefficient (Wildman–Crippen LogP) is 1.96. The lowest BCUT2D eigenvalue weighted by molar-refractivity contribution is -0.385. The minimum atomic E-state index is -0.675. The third-order valence-electron chi connectivity index (χ3n) is 3.09. The van der Waals surface area contributed by atoms with Crippen molar-refractivity contribution in [1.82, 2.24) is 10.6 Å². The first kappa shape index (κ1) is 17.5. The molecule has 24 heavy (non-hydrogen) atoms. The maximum Gasteiger partial charge on any atom is 0.282 e. The summed E-state index contributed by atoms with van der Waals surface area (Å²) < 4.78 is 5.07. The van der Waals surface area contributed by atoms with Gasteiger partial charge in [-0.05, 0) is 30.5 Å². The van der Waals surface area contributed by atoms with Gasteiger partial charge in [0, 0.05) is 11.0 Å². The largest absolute Gasteiger partial charge is 0.467 e. The Morgan fingerprint density at radius 1 is 1.29 bits per heavy atom. The van der Waals surface area contributed by atoms with Crippen LogP contribution >= 0.6 is 11.8 Å². The summed E-state index contributed by atoms with van der Waals surface area (Å²) in [5.41, 5.74) is -0.382. The third kappa shape index (κ3) is 4.59. The van der Waals surface area contributed by atoms with Crippen molar-refractivity contribution in [2.24, 2.45) is 0 Å². The number of nitro benzene ring substituents is 1. The first-order valence-corrected chi connectivity index (χ1v) is 8.13. The van der Waals surface area contributed by atoms with Crippen LogP contribution in [0, 0.1) is 10.1 Å². The standard InChI is InChI=1S/C15H15N3O5S/c1-24-11-4-5-13(18(21)22)12(7-11)15(20)17-9-14(19)16-8-10-3-2-6-23-10/h2-7H,8-9H2,1H3,(H,16,19)(H,17,20). The van der Waals surface area contributed by atoms with Crippen LogP contribution < -0.4 is 10.6 Å². The van der Waals surface area contributed by atoms with E-state index in [1.165, 1.54) is 30.2 Å². The van der Waals surface area contributed by atoms with Crippen LogP contribution in [-0.2, 0) is 11.3 Å². The number of benzene rings is 1. The van der Waals surface area contributed by atoms with Gasteiger partial charge in [0.15, 0.2) is 0 Å². The number of hydrogen-bond acceptors (Lipinski definition) is 6. The normalized spacial score (nSPS) is 10.2. The zero-order chi connectivity index (χ0) is 17.5. The van der Waals surface area contributed by atoms with Gasteiger partial charge in [0.1, 0.15) is 11.3 Å². The Labute approximate surface area is 141 Å². The molecule has 8 nitrogen and oxygen atoms in total. The zero-order valence-corrected chi connectivity index (χ0v) is 13.6. The lowest BCUT2D eigenvalue weighted by Crippen LogP contribution is -2.36. The molecule has 0 saturated heterocycles. The first-order chi connectivity index (χ1) is 11.5. The summed E-state index contributed by atoms with van der Waals surface area (Å²) in [6.45, 7) is -0.0933. The number of nitrogens with zero attached hydrogens (tertiary/aromatic N) is 1. The van der Waals surface area contributed by atoms with E-state index in [9.17, 15) is 19.7 Å². The molecule has 0 bridgehead atoms. The van der Waals surface area contributed by atoms with E-state index in [0.29, 0.717) is 10.7 Å². The predicted molar refractivity (Wildman–Crippen MR) is 87.8 cm³/mol. The van der Waals surface area contributed by atoms with E-state index in [1.807, 2.05) is 0 Å². The van der Waals surface area contributed by atoms with Crippen LogP contribution in [0.5, 0.6) is 0 Å². The molecule has 1 aromatic heterocycles. The molecule has 0 aliphatic carbocycles. The average Bonchev–Trinajstić information content (AvgIpc) is 3.10. The van der Waals surface area contributed by atoms with Crippen LogP contribution in [0.15, 0.2) is 45.9 Å². The number of carbonyl (C=O) groups excluding carboxylic acids is 2. The number of rotatable bonds is 7.